The maximum Gasteiger partial charge on any atom is 0.265 e. The van der Waals surface area contributed by atoms with Crippen molar-refractivity contribution < 1.29 is 17.9 Å². The number of carbonyl (C=O) groups is 1. The van der Waals surface area contributed by atoms with Crippen molar-refractivity contribution in [2.45, 2.75) is 30.3 Å². The number of sulfonamides is 1. The van der Waals surface area contributed by atoms with Crippen LogP contribution < -0.4 is 5.73 Å². The van der Waals surface area contributed by atoms with Crippen molar-refractivity contribution in [3.63, 3.8) is 0 Å². The molecule has 0 aromatic carbocycles. The summed E-state index contributed by atoms with van der Waals surface area (Å²) in [4.78, 5) is 11.3. The van der Waals surface area contributed by atoms with E-state index in [4.69, 9.17) is 10.5 Å². The zero-order valence-corrected chi connectivity index (χ0v) is 13.1. The van der Waals surface area contributed by atoms with Gasteiger partial charge < -0.3 is 15.0 Å². The number of amides is 1. The van der Waals surface area contributed by atoms with Gasteiger partial charge in [0.2, 0.25) is 10.0 Å². The number of aromatic nitrogens is 1. The van der Waals surface area contributed by atoms with Crippen molar-refractivity contribution in [2.75, 3.05) is 20.2 Å². The standard InChI is InChI=1S/C13H21N3O4S/c1-15-9-11(7-12(15)13(14)17)21(18,19)16(2)8-10-5-3-4-6-20-10/h7,9-10H,3-6,8H2,1-2H3,(H2,14,17). The first-order valence-corrected chi connectivity index (χ1v) is 8.30. The molecule has 1 aliphatic rings. The van der Waals surface area contributed by atoms with Gasteiger partial charge in [-0.05, 0) is 25.3 Å². The van der Waals surface area contributed by atoms with Crippen molar-refractivity contribution in [1.29, 1.82) is 0 Å². The maximum atomic E-state index is 12.5. The number of carbonyl (C=O) groups excluding carboxylic acids is 1. The van der Waals surface area contributed by atoms with Crippen LogP contribution in [0.4, 0.5) is 0 Å². The predicted molar refractivity (Wildman–Crippen MR) is 77.3 cm³/mol. The Hall–Kier alpha value is -1.38. The lowest BCUT2D eigenvalue weighted by atomic mass is 10.1. The third-order valence-electron chi connectivity index (χ3n) is 3.68. The second-order valence-corrected chi connectivity index (χ2v) is 7.36. The van der Waals surface area contributed by atoms with Crippen LogP contribution in [0.15, 0.2) is 17.2 Å². The lowest BCUT2D eigenvalue weighted by Crippen LogP contribution is -2.37. The first kappa shape index (κ1) is 16.0. The molecule has 0 spiro atoms. The van der Waals surface area contributed by atoms with E-state index in [1.807, 2.05) is 0 Å². The fourth-order valence-corrected chi connectivity index (χ4v) is 3.71. The fraction of sp³-hybridized carbons (Fsp3) is 0.615. The fourth-order valence-electron chi connectivity index (χ4n) is 2.44. The zero-order valence-electron chi connectivity index (χ0n) is 12.3. The topological polar surface area (TPSA) is 94.6 Å². The third-order valence-corrected chi connectivity index (χ3v) is 5.46. The monoisotopic (exact) mass is 315 g/mol. The quantitative estimate of drug-likeness (QED) is 0.846. The van der Waals surface area contributed by atoms with E-state index in [-0.39, 0.29) is 16.7 Å². The summed E-state index contributed by atoms with van der Waals surface area (Å²) in [6, 6.07) is 1.30. The number of rotatable bonds is 5. The van der Waals surface area contributed by atoms with Crippen LogP contribution in [0.3, 0.4) is 0 Å². The Balaban J connectivity index is 2.16. The molecule has 8 heteroatoms. The molecule has 1 aromatic heterocycles. The number of hydrogen-bond acceptors (Lipinski definition) is 4. The zero-order chi connectivity index (χ0) is 15.6. The summed E-state index contributed by atoms with van der Waals surface area (Å²) in [5.74, 6) is -0.655. The molecule has 2 N–H and O–H groups in total. The van der Waals surface area contributed by atoms with Crippen LogP contribution in [0.25, 0.3) is 0 Å². The Morgan fingerprint density at radius 3 is 2.76 bits per heavy atom. The van der Waals surface area contributed by atoms with Crippen molar-refractivity contribution in [2.24, 2.45) is 12.8 Å². The molecule has 0 bridgehead atoms. The highest BCUT2D eigenvalue weighted by atomic mass is 32.2. The van der Waals surface area contributed by atoms with Gasteiger partial charge in [-0.3, -0.25) is 4.79 Å². The Labute approximate surface area is 124 Å². The van der Waals surface area contributed by atoms with Crippen LogP contribution in [-0.2, 0) is 21.8 Å². The summed E-state index contributed by atoms with van der Waals surface area (Å²) < 4.78 is 33.2. The number of likely N-dealkylation sites (N-methyl/N-ethyl adjacent to an activating group) is 1. The molecule has 1 atom stereocenters. The number of nitrogens with two attached hydrogens (primary N) is 1. The third kappa shape index (κ3) is 3.45. The van der Waals surface area contributed by atoms with E-state index < -0.39 is 15.9 Å². The normalized spacial score (nSPS) is 19.9. The van der Waals surface area contributed by atoms with Crippen LogP contribution in [0.1, 0.15) is 29.8 Å². The van der Waals surface area contributed by atoms with E-state index >= 15 is 0 Å². The van der Waals surface area contributed by atoms with Gasteiger partial charge in [-0.25, -0.2) is 8.42 Å². The highest BCUT2D eigenvalue weighted by Crippen LogP contribution is 2.20. The summed E-state index contributed by atoms with van der Waals surface area (Å²) in [5, 5.41) is 0. The average Bonchev–Trinajstić information content (AvgIpc) is 2.82. The second kappa shape index (κ2) is 6.17. The number of nitrogens with zero attached hydrogens (tertiary/aromatic N) is 2. The number of hydrogen-bond donors (Lipinski definition) is 1. The summed E-state index contributed by atoms with van der Waals surface area (Å²) in [5.41, 5.74) is 5.37. The highest BCUT2D eigenvalue weighted by molar-refractivity contribution is 7.89. The minimum Gasteiger partial charge on any atom is -0.377 e. The van der Waals surface area contributed by atoms with E-state index in [1.54, 1.807) is 7.05 Å². The maximum absolute atomic E-state index is 12.5. The van der Waals surface area contributed by atoms with Gasteiger partial charge in [0.15, 0.2) is 0 Å². The molecule has 1 saturated heterocycles. The summed E-state index contributed by atoms with van der Waals surface area (Å²) in [6.07, 6.45) is 4.26. The van der Waals surface area contributed by atoms with Gasteiger partial charge in [0.25, 0.3) is 5.91 Å². The largest absolute Gasteiger partial charge is 0.377 e. The second-order valence-electron chi connectivity index (χ2n) is 5.31. The molecular formula is C13H21N3O4S. The van der Waals surface area contributed by atoms with Gasteiger partial charge in [-0.15, -0.1) is 0 Å². The molecule has 21 heavy (non-hydrogen) atoms. The highest BCUT2D eigenvalue weighted by Gasteiger charge is 2.27. The van der Waals surface area contributed by atoms with Gasteiger partial charge in [-0.2, -0.15) is 4.31 Å². The van der Waals surface area contributed by atoms with Crippen molar-refractivity contribution in [3.05, 3.63) is 18.0 Å². The van der Waals surface area contributed by atoms with Gasteiger partial charge in [-0.1, -0.05) is 0 Å². The molecule has 0 aliphatic carbocycles. The van der Waals surface area contributed by atoms with Gasteiger partial charge in [0, 0.05) is 33.4 Å². The summed E-state index contributed by atoms with van der Waals surface area (Å²) >= 11 is 0. The Kier molecular flexibility index (Phi) is 4.70. The van der Waals surface area contributed by atoms with Crippen LogP contribution in [0, 0.1) is 0 Å². The Morgan fingerprint density at radius 1 is 1.52 bits per heavy atom. The lowest BCUT2D eigenvalue weighted by molar-refractivity contribution is 0.00858. The smallest absolute Gasteiger partial charge is 0.265 e. The van der Waals surface area contributed by atoms with Crippen molar-refractivity contribution >= 4 is 15.9 Å². The summed E-state index contributed by atoms with van der Waals surface area (Å²) in [6.45, 7) is 0.985. The first-order chi connectivity index (χ1) is 9.82. The van der Waals surface area contributed by atoms with Crippen molar-refractivity contribution in [3.8, 4) is 0 Å². The van der Waals surface area contributed by atoms with Crippen LogP contribution in [0.2, 0.25) is 0 Å². The molecule has 1 unspecified atom stereocenters. The molecule has 1 aliphatic heterocycles. The summed E-state index contributed by atoms with van der Waals surface area (Å²) in [7, 11) is -0.544. The van der Waals surface area contributed by atoms with E-state index in [1.165, 1.54) is 28.2 Å². The molecule has 2 heterocycles. The molecule has 1 fully saturated rings. The Bertz CT molecular complexity index is 617. The van der Waals surface area contributed by atoms with E-state index in [0.29, 0.717) is 13.2 Å². The van der Waals surface area contributed by atoms with Gasteiger partial charge in [0.1, 0.15) is 10.6 Å². The van der Waals surface area contributed by atoms with E-state index in [9.17, 15) is 13.2 Å². The molecule has 0 saturated carbocycles. The SMILES string of the molecule is CN(CC1CCCCO1)S(=O)(=O)c1cc(C(N)=O)n(C)c1. The molecule has 0 radical (unpaired) electrons. The Morgan fingerprint density at radius 2 is 2.24 bits per heavy atom. The van der Waals surface area contributed by atoms with Crippen LogP contribution in [0.5, 0.6) is 0 Å². The first-order valence-electron chi connectivity index (χ1n) is 6.86. The minimum atomic E-state index is -3.65. The molecule has 118 valence electrons. The number of primary amides is 1. The van der Waals surface area contributed by atoms with E-state index in [2.05, 4.69) is 0 Å². The molecular weight excluding hydrogens is 294 g/mol. The molecule has 1 amide bonds. The molecule has 1 aromatic rings. The lowest BCUT2D eigenvalue weighted by Gasteiger charge is -2.26. The van der Waals surface area contributed by atoms with Crippen LogP contribution >= 0.6 is 0 Å². The predicted octanol–water partition coefficient (Wildman–Crippen LogP) is 0.314. The molecule has 7 nitrogen and oxygen atoms in total. The van der Waals surface area contributed by atoms with E-state index in [0.717, 1.165) is 19.3 Å². The van der Waals surface area contributed by atoms with Gasteiger partial charge in [0.05, 0.1) is 6.10 Å². The molecule has 2 rings (SSSR count). The van der Waals surface area contributed by atoms with Crippen LogP contribution in [-0.4, -0.2) is 49.5 Å². The number of ether oxygens (including phenoxy) is 1. The number of aryl methyl sites for hydroxylation is 1. The van der Waals surface area contributed by atoms with Gasteiger partial charge >= 0.3 is 0 Å². The average molecular weight is 315 g/mol. The minimum absolute atomic E-state index is 0.0668. The van der Waals surface area contributed by atoms with Crippen molar-refractivity contribution in [1.82, 2.24) is 8.87 Å².